The summed E-state index contributed by atoms with van der Waals surface area (Å²) in [6.45, 7) is 0. The van der Waals surface area contributed by atoms with Crippen molar-refractivity contribution in [3.63, 3.8) is 0 Å². The van der Waals surface area contributed by atoms with Crippen molar-refractivity contribution in [1.82, 2.24) is 5.32 Å². The molecule has 20 heavy (non-hydrogen) atoms. The molecular formula is C15H16FNO3. The topological polar surface area (TPSA) is 66.4 Å². The molecule has 0 aliphatic heterocycles. The summed E-state index contributed by atoms with van der Waals surface area (Å²) in [5.74, 6) is -1.86. The van der Waals surface area contributed by atoms with E-state index >= 15 is 0 Å². The number of carboxylic acid groups (broad SMARTS) is 1. The van der Waals surface area contributed by atoms with Crippen LogP contribution in [-0.4, -0.2) is 22.5 Å². The van der Waals surface area contributed by atoms with Crippen molar-refractivity contribution in [1.29, 1.82) is 0 Å². The summed E-state index contributed by atoms with van der Waals surface area (Å²) >= 11 is 0. The quantitative estimate of drug-likeness (QED) is 0.830. The smallest absolute Gasteiger partial charge is 0.329 e. The molecule has 1 aliphatic carbocycles. The van der Waals surface area contributed by atoms with Gasteiger partial charge in [0, 0.05) is 6.08 Å². The maximum atomic E-state index is 13.0. The van der Waals surface area contributed by atoms with Gasteiger partial charge >= 0.3 is 5.97 Å². The van der Waals surface area contributed by atoms with Crippen LogP contribution in [0.3, 0.4) is 0 Å². The summed E-state index contributed by atoms with van der Waals surface area (Å²) in [6.07, 6.45) is 5.17. The van der Waals surface area contributed by atoms with Crippen LogP contribution in [-0.2, 0) is 9.59 Å². The van der Waals surface area contributed by atoms with E-state index in [2.05, 4.69) is 5.32 Å². The van der Waals surface area contributed by atoms with Gasteiger partial charge in [0.1, 0.15) is 11.4 Å². The third-order valence-electron chi connectivity index (χ3n) is 3.50. The van der Waals surface area contributed by atoms with Gasteiger partial charge in [-0.2, -0.15) is 0 Å². The zero-order valence-corrected chi connectivity index (χ0v) is 10.9. The van der Waals surface area contributed by atoms with E-state index in [-0.39, 0.29) is 5.82 Å². The molecule has 5 heteroatoms. The van der Waals surface area contributed by atoms with Gasteiger partial charge in [0.25, 0.3) is 0 Å². The number of carbonyl (C=O) groups excluding carboxylic acids is 1. The van der Waals surface area contributed by atoms with Gasteiger partial charge in [-0.25, -0.2) is 9.18 Å². The average molecular weight is 277 g/mol. The number of carbonyl (C=O) groups is 2. The second-order valence-electron chi connectivity index (χ2n) is 4.97. The van der Waals surface area contributed by atoms with Gasteiger partial charge in [-0.05, 0) is 36.6 Å². The predicted octanol–water partition coefficient (Wildman–Crippen LogP) is 2.35. The van der Waals surface area contributed by atoms with Crippen LogP contribution < -0.4 is 5.32 Å². The van der Waals surface area contributed by atoms with Crippen molar-refractivity contribution in [2.75, 3.05) is 0 Å². The molecule has 1 saturated carbocycles. The first-order chi connectivity index (χ1) is 9.52. The largest absolute Gasteiger partial charge is 0.480 e. The minimum absolute atomic E-state index is 0.384. The van der Waals surface area contributed by atoms with E-state index < -0.39 is 17.4 Å². The van der Waals surface area contributed by atoms with Gasteiger partial charge in [0.05, 0.1) is 0 Å². The van der Waals surface area contributed by atoms with E-state index in [4.69, 9.17) is 0 Å². The second-order valence-corrected chi connectivity index (χ2v) is 4.97. The normalized spacial score (nSPS) is 17.2. The number of benzene rings is 1. The molecule has 4 nitrogen and oxygen atoms in total. The Kier molecular flexibility index (Phi) is 4.17. The molecule has 1 aliphatic rings. The molecule has 0 radical (unpaired) electrons. The molecule has 0 aromatic heterocycles. The van der Waals surface area contributed by atoms with Crippen molar-refractivity contribution < 1.29 is 19.1 Å². The maximum absolute atomic E-state index is 13.0. The van der Waals surface area contributed by atoms with Gasteiger partial charge < -0.3 is 10.4 Å². The summed E-state index contributed by atoms with van der Waals surface area (Å²) in [4.78, 5) is 23.1. The van der Waals surface area contributed by atoms with Gasteiger partial charge in [-0.1, -0.05) is 25.0 Å². The molecule has 0 bridgehead atoms. The highest BCUT2D eigenvalue weighted by atomic mass is 19.1. The Morgan fingerprint density at radius 1 is 1.30 bits per heavy atom. The number of amides is 1. The van der Waals surface area contributed by atoms with Crippen LogP contribution in [0.1, 0.15) is 31.2 Å². The Bertz CT molecular complexity index is 548. The number of nitrogens with one attached hydrogen (secondary N) is 1. The molecule has 1 aromatic carbocycles. The summed E-state index contributed by atoms with van der Waals surface area (Å²) < 4.78 is 13.0. The summed E-state index contributed by atoms with van der Waals surface area (Å²) in [7, 11) is 0. The van der Waals surface area contributed by atoms with Gasteiger partial charge in [-0.3, -0.25) is 4.79 Å². The molecule has 106 valence electrons. The van der Waals surface area contributed by atoms with Crippen LogP contribution in [0, 0.1) is 5.82 Å². The number of rotatable bonds is 4. The van der Waals surface area contributed by atoms with Gasteiger partial charge in [0.15, 0.2) is 0 Å². The van der Waals surface area contributed by atoms with Gasteiger partial charge in [0.2, 0.25) is 5.91 Å². The first-order valence-electron chi connectivity index (χ1n) is 6.51. The van der Waals surface area contributed by atoms with Gasteiger partial charge in [-0.15, -0.1) is 0 Å². The molecule has 0 atom stereocenters. The lowest BCUT2D eigenvalue weighted by Crippen LogP contribution is -2.52. The Balaban J connectivity index is 2.03. The molecule has 2 N–H and O–H groups in total. The maximum Gasteiger partial charge on any atom is 0.329 e. The van der Waals surface area contributed by atoms with E-state index in [1.54, 1.807) is 12.1 Å². The van der Waals surface area contributed by atoms with Crippen molar-refractivity contribution in [2.45, 2.75) is 31.2 Å². The first kappa shape index (κ1) is 14.2. The SMILES string of the molecule is O=C(/C=C/c1cccc(F)c1)NC1(C(=O)O)CCCC1. The monoisotopic (exact) mass is 277 g/mol. The standard InChI is InChI=1S/C15H16FNO3/c16-12-5-3-4-11(10-12)6-7-13(18)17-15(14(19)20)8-1-2-9-15/h3-7,10H,1-2,8-9H2,(H,17,18)(H,19,20)/b7-6+. The zero-order valence-electron chi connectivity index (χ0n) is 10.9. The summed E-state index contributed by atoms with van der Waals surface area (Å²) in [5.41, 5.74) is -0.598. The van der Waals surface area contributed by atoms with Crippen LogP contribution in [0.5, 0.6) is 0 Å². The van der Waals surface area contributed by atoms with Crippen LogP contribution in [0.4, 0.5) is 4.39 Å². The number of aliphatic carboxylic acids is 1. The Morgan fingerprint density at radius 3 is 2.60 bits per heavy atom. The Morgan fingerprint density at radius 2 is 2.00 bits per heavy atom. The van der Waals surface area contributed by atoms with Crippen molar-refractivity contribution in [3.05, 3.63) is 41.7 Å². The molecule has 2 rings (SSSR count). The van der Waals surface area contributed by atoms with E-state index in [1.807, 2.05) is 0 Å². The highest BCUT2D eigenvalue weighted by Crippen LogP contribution is 2.29. The highest BCUT2D eigenvalue weighted by Gasteiger charge is 2.42. The van der Waals surface area contributed by atoms with Crippen LogP contribution >= 0.6 is 0 Å². The number of hydrogen-bond acceptors (Lipinski definition) is 2. The molecule has 1 fully saturated rings. The lowest BCUT2D eigenvalue weighted by Gasteiger charge is -2.24. The lowest BCUT2D eigenvalue weighted by atomic mass is 9.98. The first-order valence-corrected chi connectivity index (χ1v) is 6.51. The molecule has 0 heterocycles. The average Bonchev–Trinajstić information content (AvgIpc) is 2.86. The highest BCUT2D eigenvalue weighted by molar-refractivity contribution is 5.95. The van der Waals surface area contributed by atoms with E-state index in [9.17, 15) is 19.1 Å². The van der Waals surface area contributed by atoms with Crippen molar-refractivity contribution in [2.24, 2.45) is 0 Å². The number of carboxylic acids is 1. The summed E-state index contributed by atoms with van der Waals surface area (Å²) in [6, 6.07) is 5.82. The number of halogens is 1. The third-order valence-corrected chi connectivity index (χ3v) is 3.50. The molecular weight excluding hydrogens is 261 g/mol. The van der Waals surface area contributed by atoms with E-state index in [0.29, 0.717) is 18.4 Å². The number of hydrogen-bond donors (Lipinski definition) is 2. The van der Waals surface area contributed by atoms with Crippen LogP contribution in [0.15, 0.2) is 30.3 Å². The minimum Gasteiger partial charge on any atom is -0.480 e. The summed E-state index contributed by atoms with van der Waals surface area (Å²) in [5, 5.41) is 11.8. The van der Waals surface area contributed by atoms with Crippen molar-refractivity contribution in [3.8, 4) is 0 Å². The second kappa shape index (κ2) is 5.86. The minimum atomic E-state index is -1.15. The predicted molar refractivity (Wildman–Crippen MR) is 72.4 cm³/mol. The van der Waals surface area contributed by atoms with Crippen molar-refractivity contribution >= 4 is 18.0 Å². The molecule has 0 saturated heterocycles. The molecule has 1 amide bonds. The lowest BCUT2D eigenvalue weighted by molar-refractivity contribution is -0.146. The zero-order chi connectivity index (χ0) is 14.6. The van der Waals surface area contributed by atoms with E-state index in [0.717, 1.165) is 12.8 Å². The fraction of sp³-hybridized carbons (Fsp3) is 0.333. The fourth-order valence-corrected chi connectivity index (χ4v) is 2.43. The van der Waals surface area contributed by atoms with Crippen LogP contribution in [0.2, 0.25) is 0 Å². The molecule has 0 unspecified atom stereocenters. The molecule has 0 spiro atoms. The Hall–Kier alpha value is -2.17. The fourth-order valence-electron chi connectivity index (χ4n) is 2.43. The molecule has 1 aromatic rings. The Labute approximate surface area is 116 Å². The van der Waals surface area contributed by atoms with E-state index in [1.165, 1.54) is 24.3 Å². The van der Waals surface area contributed by atoms with Crippen LogP contribution in [0.25, 0.3) is 6.08 Å². The third kappa shape index (κ3) is 3.23.